The number of amides is 1. The van der Waals surface area contributed by atoms with Gasteiger partial charge in [0.05, 0.1) is 21.3 Å². The number of para-hydroxylation sites is 1. The first kappa shape index (κ1) is 21.5. The van der Waals surface area contributed by atoms with E-state index in [1.165, 1.54) is 7.11 Å². The number of ether oxygens (including phenoxy) is 3. The van der Waals surface area contributed by atoms with E-state index in [-0.39, 0.29) is 5.78 Å². The molecule has 172 valence electrons. The first-order valence-electron chi connectivity index (χ1n) is 10.6. The minimum Gasteiger partial charge on any atom is -0.497 e. The SMILES string of the molecule is COc1ccc(C(=O)[C@@H]2C(c3ccc(OC)c(OC)c3)=NO[C@@]23C(=O)Nc2ccccc23)cc1. The van der Waals surface area contributed by atoms with Crippen LogP contribution in [0, 0.1) is 5.92 Å². The van der Waals surface area contributed by atoms with Gasteiger partial charge in [0.15, 0.2) is 17.3 Å². The van der Waals surface area contributed by atoms with Crippen molar-refractivity contribution in [2.75, 3.05) is 26.6 Å². The number of benzene rings is 3. The number of ketones is 1. The molecule has 0 fully saturated rings. The molecule has 0 saturated heterocycles. The van der Waals surface area contributed by atoms with E-state index >= 15 is 0 Å². The van der Waals surface area contributed by atoms with Crippen LogP contribution in [0.15, 0.2) is 71.9 Å². The summed E-state index contributed by atoms with van der Waals surface area (Å²) in [4.78, 5) is 33.3. The standard InChI is InChI=1S/C26H22N2O6/c1-31-17-11-8-15(9-12-17)24(29)22-23(16-10-13-20(32-2)21(14-16)33-3)28-34-26(22)18-6-4-5-7-19(18)27-25(26)30/h4-14,22H,1-3H3,(H,27,30)/t22-,26+/m0/s1. The van der Waals surface area contributed by atoms with Crippen molar-refractivity contribution >= 4 is 23.1 Å². The van der Waals surface area contributed by atoms with E-state index in [1.807, 2.05) is 6.07 Å². The molecule has 0 aliphatic carbocycles. The molecule has 1 amide bonds. The van der Waals surface area contributed by atoms with Crippen LogP contribution in [0.4, 0.5) is 5.69 Å². The molecule has 34 heavy (non-hydrogen) atoms. The Morgan fingerprint density at radius 2 is 1.68 bits per heavy atom. The van der Waals surface area contributed by atoms with Crippen molar-refractivity contribution in [1.29, 1.82) is 0 Å². The second kappa shape index (κ2) is 8.22. The number of nitrogens with zero attached hydrogens (tertiary/aromatic N) is 1. The second-order valence-electron chi connectivity index (χ2n) is 7.90. The molecular weight excluding hydrogens is 436 g/mol. The first-order chi connectivity index (χ1) is 16.5. The largest absolute Gasteiger partial charge is 0.497 e. The van der Waals surface area contributed by atoms with Crippen LogP contribution >= 0.6 is 0 Å². The number of methoxy groups -OCH3 is 3. The molecule has 0 unspecified atom stereocenters. The Morgan fingerprint density at radius 3 is 2.38 bits per heavy atom. The van der Waals surface area contributed by atoms with Gasteiger partial charge in [0.25, 0.3) is 11.5 Å². The molecule has 0 saturated carbocycles. The van der Waals surface area contributed by atoms with Gasteiger partial charge in [-0.3, -0.25) is 9.59 Å². The molecule has 1 N–H and O–H groups in total. The van der Waals surface area contributed by atoms with Crippen molar-refractivity contribution in [2.24, 2.45) is 11.1 Å². The van der Waals surface area contributed by atoms with Crippen LogP contribution in [0.5, 0.6) is 17.2 Å². The quantitative estimate of drug-likeness (QED) is 0.565. The van der Waals surface area contributed by atoms with E-state index in [0.29, 0.717) is 45.3 Å². The van der Waals surface area contributed by atoms with E-state index in [2.05, 4.69) is 10.5 Å². The van der Waals surface area contributed by atoms with Crippen molar-refractivity contribution < 1.29 is 28.6 Å². The molecule has 8 heteroatoms. The summed E-state index contributed by atoms with van der Waals surface area (Å²) in [7, 11) is 4.62. The molecular formula is C26H22N2O6. The maximum atomic E-state index is 14.0. The van der Waals surface area contributed by atoms with Crippen LogP contribution < -0.4 is 19.5 Å². The van der Waals surface area contributed by atoms with E-state index in [1.54, 1.807) is 74.9 Å². The lowest BCUT2D eigenvalue weighted by molar-refractivity contribution is -0.140. The number of carbonyl (C=O) groups excluding carboxylic acids is 2. The van der Waals surface area contributed by atoms with Crippen LogP contribution in [-0.4, -0.2) is 38.7 Å². The summed E-state index contributed by atoms with van der Waals surface area (Å²) >= 11 is 0. The Bertz CT molecular complexity index is 1320. The lowest BCUT2D eigenvalue weighted by Gasteiger charge is -2.26. The van der Waals surface area contributed by atoms with Gasteiger partial charge >= 0.3 is 0 Å². The summed E-state index contributed by atoms with van der Waals surface area (Å²) in [6, 6.07) is 19.1. The first-order valence-corrected chi connectivity index (χ1v) is 10.6. The fourth-order valence-electron chi connectivity index (χ4n) is 4.50. The minimum absolute atomic E-state index is 0.305. The van der Waals surface area contributed by atoms with Crippen LogP contribution in [0.2, 0.25) is 0 Å². The summed E-state index contributed by atoms with van der Waals surface area (Å²) in [6.07, 6.45) is 0. The number of carbonyl (C=O) groups is 2. The van der Waals surface area contributed by atoms with Gasteiger partial charge in [-0.05, 0) is 48.5 Å². The maximum Gasteiger partial charge on any atom is 0.277 e. The van der Waals surface area contributed by atoms with Crippen molar-refractivity contribution in [3.63, 3.8) is 0 Å². The van der Waals surface area contributed by atoms with E-state index in [9.17, 15) is 9.59 Å². The van der Waals surface area contributed by atoms with E-state index in [4.69, 9.17) is 19.0 Å². The summed E-state index contributed by atoms with van der Waals surface area (Å²) < 4.78 is 16.0. The molecule has 2 heterocycles. The molecule has 5 rings (SSSR count). The van der Waals surface area contributed by atoms with Crippen molar-refractivity contribution in [2.45, 2.75) is 5.60 Å². The highest BCUT2D eigenvalue weighted by Crippen LogP contribution is 2.50. The number of anilines is 1. The Balaban J connectivity index is 1.67. The maximum absolute atomic E-state index is 14.0. The molecule has 2 aliphatic rings. The van der Waals surface area contributed by atoms with Gasteiger partial charge < -0.3 is 24.4 Å². The molecule has 3 aromatic rings. The zero-order valence-corrected chi connectivity index (χ0v) is 18.8. The lowest BCUT2D eigenvalue weighted by atomic mass is 9.74. The van der Waals surface area contributed by atoms with Crippen molar-refractivity contribution in [3.05, 3.63) is 83.4 Å². The van der Waals surface area contributed by atoms with Crippen LogP contribution in [0.3, 0.4) is 0 Å². The van der Waals surface area contributed by atoms with Gasteiger partial charge in [0, 0.05) is 22.4 Å². The smallest absolute Gasteiger partial charge is 0.277 e. The van der Waals surface area contributed by atoms with E-state index < -0.39 is 17.4 Å². The van der Waals surface area contributed by atoms with Crippen LogP contribution in [0.25, 0.3) is 0 Å². The summed E-state index contributed by atoms with van der Waals surface area (Å²) in [6.45, 7) is 0. The number of Topliss-reactive ketones (excluding diaryl/α,β-unsaturated/α-hetero) is 1. The summed E-state index contributed by atoms with van der Waals surface area (Å²) in [5, 5.41) is 7.14. The number of rotatable bonds is 6. The number of hydrogen-bond acceptors (Lipinski definition) is 7. The third-order valence-electron chi connectivity index (χ3n) is 6.20. The molecule has 0 aromatic heterocycles. The zero-order chi connectivity index (χ0) is 23.9. The molecule has 1 spiro atoms. The third-order valence-corrected chi connectivity index (χ3v) is 6.20. The number of nitrogens with one attached hydrogen (secondary N) is 1. The molecule has 0 bridgehead atoms. The van der Waals surface area contributed by atoms with Gasteiger partial charge in [-0.1, -0.05) is 23.4 Å². The highest BCUT2D eigenvalue weighted by atomic mass is 16.7. The second-order valence-corrected chi connectivity index (χ2v) is 7.90. The average Bonchev–Trinajstić information content (AvgIpc) is 3.42. The van der Waals surface area contributed by atoms with Crippen molar-refractivity contribution in [1.82, 2.24) is 0 Å². The van der Waals surface area contributed by atoms with Gasteiger partial charge in [0.1, 0.15) is 17.4 Å². The Labute approximate surface area is 196 Å². The van der Waals surface area contributed by atoms with Crippen LogP contribution in [0.1, 0.15) is 21.5 Å². The Kier molecular flexibility index (Phi) is 5.20. The topological polar surface area (TPSA) is 95.5 Å². The van der Waals surface area contributed by atoms with Gasteiger partial charge in [-0.25, -0.2) is 0 Å². The third kappa shape index (κ3) is 3.10. The molecule has 2 atom stereocenters. The fraction of sp³-hybridized carbons (Fsp3) is 0.192. The van der Waals surface area contributed by atoms with Crippen molar-refractivity contribution in [3.8, 4) is 17.2 Å². The fourth-order valence-corrected chi connectivity index (χ4v) is 4.50. The normalized spacial score (nSPS) is 20.3. The highest BCUT2D eigenvalue weighted by Gasteiger charge is 2.63. The average molecular weight is 458 g/mol. The predicted octanol–water partition coefficient (Wildman–Crippen LogP) is 3.79. The Morgan fingerprint density at radius 1 is 0.941 bits per heavy atom. The van der Waals surface area contributed by atoms with E-state index in [0.717, 1.165) is 0 Å². The zero-order valence-electron chi connectivity index (χ0n) is 18.8. The monoisotopic (exact) mass is 458 g/mol. The summed E-state index contributed by atoms with van der Waals surface area (Å²) in [5.41, 5.74) is 0.832. The Hall–Kier alpha value is -4.33. The minimum atomic E-state index is -1.63. The molecule has 8 nitrogen and oxygen atoms in total. The van der Waals surface area contributed by atoms with Gasteiger partial charge in [0.2, 0.25) is 0 Å². The molecule has 0 radical (unpaired) electrons. The number of oxime groups is 1. The number of hydrogen-bond donors (Lipinski definition) is 1. The molecule has 2 aliphatic heterocycles. The number of fused-ring (bicyclic) bond motifs is 2. The lowest BCUT2D eigenvalue weighted by Crippen LogP contribution is -2.46. The highest BCUT2D eigenvalue weighted by molar-refractivity contribution is 6.24. The summed E-state index contributed by atoms with van der Waals surface area (Å²) in [5.74, 6) is -0.173. The van der Waals surface area contributed by atoms with Gasteiger partial charge in [-0.15, -0.1) is 0 Å². The molecule has 3 aromatic carbocycles. The van der Waals surface area contributed by atoms with Gasteiger partial charge in [-0.2, -0.15) is 0 Å². The van der Waals surface area contributed by atoms with Crippen LogP contribution in [-0.2, 0) is 15.2 Å². The predicted molar refractivity (Wildman–Crippen MR) is 125 cm³/mol.